The summed E-state index contributed by atoms with van der Waals surface area (Å²) in [5.41, 5.74) is 0. The van der Waals surface area contributed by atoms with E-state index < -0.39 is 0 Å². The summed E-state index contributed by atoms with van der Waals surface area (Å²) < 4.78 is 0. The normalized spacial score (nSPS) is 24.8. The first-order chi connectivity index (χ1) is 7.75. The molecule has 2 N–H and O–H groups in total. The minimum atomic E-state index is 0.212. The van der Waals surface area contributed by atoms with Gasteiger partial charge in [0.2, 0.25) is 5.91 Å². The average Bonchev–Trinajstić information content (AvgIpc) is 2.15. The van der Waals surface area contributed by atoms with Crippen molar-refractivity contribution in [3.8, 4) is 0 Å². The Kier molecular flexibility index (Phi) is 4.18. The molecule has 4 nitrogen and oxygen atoms in total. The molecule has 0 bridgehead atoms. The van der Waals surface area contributed by atoms with Gasteiger partial charge in [0.15, 0.2) is 0 Å². The van der Waals surface area contributed by atoms with E-state index >= 15 is 0 Å². The van der Waals surface area contributed by atoms with E-state index in [9.17, 15) is 4.79 Å². The molecular formula is C12H23N3O. The van der Waals surface area contributed by atoms with Gasteiger partial charge in [-0.1, -0.05) is 6.42 Å². The number of rotatable bonds is 4. The molecular weight excluding hydrogens is 202 g/mol. The number of piperidine rings is 1. The molecule has 0 spiro atoms. The van der Waals surface area contributed by atoms with Gasteiger partial charge in [-0.2, -0.15) is 0 Å². The Morgan fingerprint density at radius 2 is 2.06 bits per heavy atom. The molecule has 0 aromatic rings. The predicted octanol–water partition coefficient (Wildman–Crippen LogP) is 0.196. The van der Waals surface area contributed by atoms with Crippen LogP contribution in [0.5, 0.6) is 0 Å². The quantitative estimate of drug-likeness (QED) is 0.718. The highest BCUT2D eigenvalue weighted by molar-refractivity contribution is 5.80. The summed E-state index contributed by atoms with van der Waals surface area (Å²) in [6.07, 6.45) is 3.99. The number of carbonyl (C=O) groups excluding carboxylic acids is 1. The monoisotopic (exact) mass is 225 g/mol. The number of hydrogen-bond donors (Lipinski definition) is 2. The third-order valence-corrected chi connectivity index (χ3v) is 3.52. The van der Waals surface area contributed by atoms with Crippen LogP contribution in [-0.2, 0) is 4.79 Å². The summed E-state index contributed by atoms with van der Waals surface area (Å²) in [4.78, 5) is 14.2. The van der Waals surface area contributed by atoms with E-state index in [1.807, 2.05) is 0 Å². The molecule has 4 heteroatoms. The molecule has 0 saturated carbocycles. The Bertz CT molecular complexity index is 234. The van der Waals surface area contributed by atoms with Crippen molar-refractivity contribution >= 4 is 5.91 Å². The summed E-state index contributed by atoms with van der Waals surface area (Å²) in [6.45, 7) is 7.21. The number of amides is 1. The van der Waals surface area contributed by atoms with E-state index in [1.54, 1.807) is 0 Å². The molecule has 2 saturated heterocycles. The molecule has 2 fully saturated rings. The third kappa shape index (κ3) is 3.19. The van der Waals surface area contributed by atoms with E-state index in [0.29, 0.717) is 0 Å². The number of nitrogens with one attached hydrogen (secondary N) is 2. The highest BCUT2D eigenvalue weighted by Crippen LogP contribution is 2.09. The first kappa shape index (κ1) is 11.9. The second kappa shape index (κ2) is 5.64. The van der Waals surface area contributed by atoms with Gasteiger partial charge in [0.1, 0.15) is 0 Å². The largest absolute Gasteiger partial charge is 0.352 e. The molecule has 16 heavy (non-hydrogen) atoms. The Labute approximate surface area is 97.8 Å². The second-order valence-corrected chi connectivity index (χ2v) is 5.13. The van der Waals surface area contributed by atoms with Crippen LogP contribution in [0.2, 0.25) is 0 Å². The van der Waals surface area contributed by atoms with Gasteiger partial charge >= 0.3 is 0 Å². The molecule has 1 unspecified atom stereocenters. The second-order valence-electron chi connectivity index (χ2n) is 5.13. The lowest BCUT2D eigenvalue weighted by Crippen LogP contribution is -2.54. The van der Waals surface area contributed by atoms with Gasteiger partial charge in [-0.3, -0.25) is 4.79 Å². The van der Waals surface area contributed by atoms with Crippen molar-refractivity contribution < 1.29 is 4.79 Å². The minimum Gasteiger partial charge on any atom is -0.352 e. The maximum atomic E-state index is 11.7. The first-order valence-corrected chi connectivity index (χ1v) is 6.49. The first-order valence-electron chi connectivity index (χ1n) is 6.49. The van der Waals surface area contributed by atoms with Crippen LogP contribution in [0.4, 0.5) is 0 Å². The van der Waals surface area contributed by atoms with Crippen molar-refractivity contribution in [2.45, 2.75) is 32.2 Å². The molecule has 2 rings (SSSR count). The molecule has 2 aliphatic rings. The Morgan fingerprint density at radius 3 is 2.62 bits per heavy atom. The third-order valence-electron chi connectivity index (χ3n) is 3.52. The highest BCUT2D eigenvalue weighted by Gasteiger charge is 2.26. The molecule has 2 aliphatic heterocycles. The Balaban J connectivity index is 1.66. The molecule has 1 atom stereocenters. The zero-order valence-corrected chi connectivity index (χ0v) is 10.2. The van der Waals surface area contributed by atoms with Crippen molar-refractivity contribution in [1.82, 2.24) is 15.5 Å². The van der Waals surface area contributed by atoms with Crippen LogP contribution in [-0.4, -0.2) is 49.6 Å². The van der Waals surface area contributed by atoms with Crippen LogP contribution in [0.25, 0.3) is 0 Å². The molecule has 0 aliphatic carbocycles. The smallest absolute Gasteiger partial charge is 0.225 e. The maximum Gasteiger partial charge on any atom is 0.225 e. The maximum absolute atomic E-state index is 11.7. The predicted molar refractivity (Wildman–Crippen MR) is 64.3 cm³/mol. The van der Waals surface area contributed by atoms with E-state index in [4.69, 9.17) is 0 Å². The van der Waals surface area contributed by atoms with E-state index in [1.165, 1.54) is 32.4 Å². The molecule has 1 amide bonds. The van der Waals surface area contributed by atoms with Gasteiger partial charge in [0.25, 0.3) is 0 Å². The summed E-state index contributed by atoms with van der Waals surface area (Å²) in [7, 11) is 0. The topological polar surface area (TPSA) is 44.4 Å². The van der Waals surface area contributed by atoms with Crippen LogP contribution < -0.4 is 10.6 Å². The summed E-state index contributed by atoms with van der Waals surface area (Å²) in [6, 6.07) is 0.284. The highest BCUT2D eigenvalue weighted by atomic mass is 16.2. The number of carbonyl (C=O) groups is 1. The van der Waals surface area contributed by atoms with Crippen LogP contribution in [0.15, 0.2) is 0 Å². The summed E-state index contributed by atoms with van der Waals surface area (Å²) in [5, 5.41) is 6.23. The SMILES string of the molecule is CC(CN1CCCCC1)NC(=O)C1CNC1. The molecule has 2 heterocycles. The fraction of sp³-hybridized carbons (Fsp3) is 0.917. The van der Waals surface area contributed by atoms with Crippen LogP contribution in [0.1, 0.15) is 26.2 Å². The number of hydrogen-bond acceptors (Lipinski definition) is 3. The number of likely N-dealkylation sites (tertiary alicyclic amines) is 1. The van der Waals surface area contributed by atoms with Gasteiger partial charge in [-0.15, -0.1) is 0 Å². The Hall–Kier alpha value is -0.610. The van der Waals surface area contributed by atoms with E-state index in [0.717, 1.165) is 19.6 Å². The van der Waals surface area contributed by atoms with Crippen molar-refractivity contribution in [1.29, 1.82) is 0 Å². The van der Waals surface area contributed by atoms with Crippen LogP contribution in [0.3, 0.4) is 0 Å². The lowest BCUT2D eigenvalue weighted by atomic mass is 10.0. The zero-order valence-electron chi connectivity index (χ0n) is 10.2. The lowest BCUT2D eigenvalue weighted by Gasteiger charge is -2.31. The molecule has 92 valence electrons. The summed E-state index contributed by atoms with van der Waals surface area (Å²) in [5.74, 6) is 0.437. The lowest BCUT2D eigenvalue weighted by molar-refractivity contribution is -0.127. The molecule has 0 aromatic heterocycles. The average molecular weight is 225 g/mol. The van der Waals surface area contributed by atoms with Crippen molar-refractivity contribution in [3.63, 3.8) is 0 Å². The molecule has 0 radical (unpaired) electrons. The summed E-state index contributed by atoms with van der Waals surface area (Å²) >= 11 is 0. The standard InChI is InChI=1S/C12H23N3O/c1-10(9-15-5-3-2-4-6-15)14-12(16)11-7-13-8-11/h10-11,13H,2-9H2,1H3,(H,14,16). The van der Waals surface area contributed by atoms with Crippen molar-refractivity contribution in [2.24, 2.45) is 5.92 Å². The Morgan fingerprint density at radius 1 is 1.38 bits per heavy atom. The van der Waals surface area contributed by atoms with Gasteiger partial charge in [0, 0.05) is 25.7 Å². The van der Waals surface area contributed by atoms with Gasteiger partial charge in [0.05, 0.1) is 5.92 Å². The minimum absolute atomic E-state index is 0.212. The van der Waals surface area contributed by atoms with Gasteiger partial charge in [-0.05, 0) is 32.9 Å². The van der Waals surface area contributed by atoms with E-state index in [2.05, 4.69) is 22.5 Å². The van der Waals surface area contributed by atoms with Gasteiger partial charge in [-0.25, -0.2) is 0 Å². The van der Waals surface area contributed by atoms with Crippen molar-refractivity contribution in [2.75, 3.05) is 32.7 Å². The van der Waals surface area contributed by atoms with E-state index in [-0.39, 0.29) is 17.9 Å². The zero-order chi connectivity index (χ0) is 11.4. The van der Waals surface area contributed by atoms with Crippen molar-refractivity contribution in [3.05, 3.63) is 0 Å². The van der Waals surface area contributed by atoms with Gasteiger partial charge < -0.3 is 15.5 Å². The number of nitrogens with zero attached hydrogens (tertiary/aromatic N) is 1. The van der Waals surface area contributed by atoms with Crippen LogP contribution in [0, 0.1) is 5.92 Å². The fourth-order valence-electron chi connectivity index (χ4n) is 2.41. The van der Waals surface area contributed by atoms with Crippen LogP contribution >= 0.6 is 0 Å². The molecule has 0 aromatic carbocycles. The fourth-order valence-corrected chi connectivity index (χ4v) is 2.41.